The molecular formula is C13H15N3O3. The number of hydrogen-bond acceptors (Lipinski definition) is 5. The van der Waals surface area contributed by atoms with Crippen LogP contribution >= 0.6 is 0 Å². The summed E-state index contributed by atoms with van der Waals surface area (Å²) < 4.78 is 5.24. The van der Waals surface area contributed by atoms with Crippen LogP contribution in [-0.2, 0) is 6.42 Å². The van der Waals surface area contributed by atoms with Gasteiger partial charge < -0.3 is 9.73 Å². The van der Waals surface area contributed by atoms with Crippen molar-refractivity contribution in [3.8, 4) is 0 Å². The molecule has 2 heterocycles. The van der Waals surface area contributed by atoms with Gasteiger partial charge >= 0.3 is 5.69 Å². The molecule has 2 rings (SSSR count). The van der Waals surface area contributed by atoms with Crippen LogP contribution in [0, 0.1) is 17.0 Å². The summed E-state index contributed by atoms with van der Waals surface area (Å²) in [4.78, 5) is 14.6. The van der Waals surface area contributed by atoms with Crippen LogP contribution in [0.5, 0.6) is 0 Å². The second-order valence-electron chi connectivity index (χ2n) is 4.47. The van der Waals surface area contributed by atoms with Crippen molar-refractivity contribution in [1.29, 1.82) is 0 Å². The van der Waals surface area contributed by atoms with E-state index in [4.69, 9.17) is 4.42 Å². The highest BCUT2D eigenvalue weighted by Crippen LogP contribution is 2.23. The van der Waals surface area contributed by atoms with Crippen molar-refractivity contribution in [2.45, 2.75) is 26.3 Å². The van der Waals surface area contributed by atoms with Crippen LogP contribution in [0.4, 0.5) is 11.5 Å². The molecule has 1 N–H and O–H groups in total. The Morgan fingerprint density at radius 3 is 3.00 bits per heavy atom. The van der Waals surface area contributed by atoms with Crippen molar-refractivity contribution in [1.82, 2.24) is 4.98 Å². The largest absolute Gasteiger partial charge is 0.469 e. The number of hydrogen-bond donors (Lipinski definition) is 1. The molecule has 0 aliphatic heterocycles. The Balaban J connectivity index is 2.12. The topological polar surface area (TPSA) is 81.2 Å². The van der Waals surface area contributed by atoms with Crippen LogP contribution in [0.1, 0.15) is 18.2 Å². The second kappa shape index (κ2) is 5.51. The van der Waals surface area contributed by atoms with Gasteiger partial charge in [-0.3, -0.25) is 10.1 Å². The van der Waals surface area contributed by atoms with Gasteiger partial charge in [0.1, 0.15) is 5.76 Å². The summed E-state index contributed by atoms with van der Waals surface area (Å²) in [5.74, 6) is 1.12. The number of nitro groups is 1. The normalized spacial score (nSPS) is 12.1. The smallest absolute Gasteiger partial charge is 0.311 e. The minimum Gasteiger partial charge on any atom is -0.469 e. The third kappa shape index (κ3) is 3.31. The van der Waals surface area contributed by atoms with Crippen LogP contribution in [-0.4, -0.2) is 15.9 Å². The van der Waals surface area contributed by atoms with E-state index in [9.17, 15) is 10.1 Å². The lowest BCUT2D eigenvalue weighted by atomic mass is 10.2. The molecule has 0 bridgehead atoms. The molecule has 0 aliphatic carbocycles. The number of pyridine rings is 1. The predicted molar refractivity (Wildman–Crippen MR) is 71.1 cm³/mol. The van der Waals surface area contributed by atoms with E-state index in [1.165, 1.54) is 6.07 Å². The molecule has 19 heavy (non-hydrogen) atoms. The summed E-state index contributed by atoms with van der Waals surface area (Å²) in [6.07, 6.45) is 3.85. The van der Waals surface area contributed by atoms with E-state index in [-0.39, 0.29) is 17.5 Å². The molecule has 2 aromatic heterocycles. The third-order valence-electron chi connectivity index (χ3n) is 2.67. The van der Waals surface area contributed by atoms with E-state index < -0.39 is 4.92 Å². The van der Waals surface area contributed by atoms with E-state index in [0.29, 0.717) is 6.42 Å². The van der Waals surface area contributed by atoms with Crippen molar-refractivity contribution in [3.63, 3.8) is 0 Å². The van der Waals surface area contributed by atoms with Gasteiger partial charge in [0.05, 0.1) is 11.2 Å². The molecule has 0 spiro atoms. The van der Waals surface area contributed by atoms with E-state index in [1.54, 1.807) is 19.4 Å². The average Bonchev–Trinajstić information content (AvgIpc) is 2.83. The van der Waals surface area contributed by atoms with Gasteiger partial charge in [0.2, 0.25) is 5.82 Å². The molecule has 0 amide bonds. The minimum atomic E-state index is -0.429. The summed E-state index contributed by atoms with van der Waals surface area (Å²) in [6.45, 7) is 3.70. The summed E-state index contributed by atoms with van der Waals surface area (Å²) in [5.41, 5.74) is 0.752. The molecule has 0 fully saturated rings. The van der Waals surface area contributed by atoms with Crippen molar-refractivity contribution >= 4 is 11.5 Å². The molecule has 6 nitrogen and oxygen atoms in total. The molecule has 2 aromatic rings. The third-order valence-corrected chi connectivity index (χ3v) is 2.67. The van der Waals surface area contributed by atoms with Gasteiger partial charge in [-0.1, -0.05) is 0 Å². The van der Waals surface area contributed by atoms with Crippen molar-refractivity contribution in [2.75, 3.05) is 5.32 Å². The van der Waals surface area contributed by atoms with Crippen LogP contribution in [0.15, 0.2) is 35.1 Å². The summed E-state index contributed by atoms with van der Waals surface area (Å²) in [6, 6.07) is 5.18. The van der Waals surface area contributed by atoms with E-state index in [0.717, 1.165) is 11.3 Å². The van der Waals surface area contributed by atoms with E-state index >= 15 is 0 Å². The first-order valence-corrected chi connectivity index (χ1v) is 5.96. The molecule has 0 aromatic carbocycles. The van der Waals surface area contributed by atoms with Crippen LogP contribution < -0.4 is 5.32 Å². The Labute approximate surface area is 110 Å². The van der Waals surface area contributed by atoms with Gasteiger partial charge in [-0.15, -0.1) is 0 Å². The first-order valence-electron chi connectivity index (χ1n) is 5.96. The fourth-order valence-corrected chi connectivity index (χ4v) is 1.82. The molecule has 0 saturated carbocycles. The van der Waals surface area contributed by atoms with Crippen molar-refractivity contribution in [2.24, 2.45) is 0 Å². The van der Waals surface area contributed by atoms with Crippen LogP contribution in [0.2, 0.25) is 0 Å². The van der Waals surface area contributed by atoms with Crippen LogP contribution in [0.3, 0.4) is 0 Å². The maximum Gasteiger partial charge on any atom is 0.311 e. The Bertz CT molecular complexity index is 567. The average molecular weight is 261 g/mol. The van der Waals surface area contributed by atoms with Gasteiger partial charge in [0.15, 0.2) is 0 Å². The number of anilines is 1. The maximum absolute atomic E-state index is 11.0. The van der Waals surface area contributed by atoms with Gasteiger partial charge in [-0.05, 0) is 31.5 Å². The molecule has 0 radical (unpaired) electrons. The first-order chi connectivity index (χ1) is 9.06. The van der Waals surface area contributed by atoms with Gasteiger partial charge in [-0.25, -0.2) is 4.98 Å². The molecule has 1 atom stereocenters. The van der Waals surface area contributed by atoms with Gasteiger partial charge in [-0.2, -0.15) is 0 Å². The number of aromatic nitrogens is 1. The lowest BCUT2D eigenvalue weighted by Crippen LogP contribution is -2.19. The SMILES string of the molecule is Cc1cnc(NC(C)Cc2ccco2)c([N+](=O)[O-])c1. The maximum atomic E-state index is 11.0. The summed E-state index contributed by atoms with van der Waals surface area (Å²) in [5, 5.41) is 14.0. The summed E-state index contributed by atoms with van der Waals surface area (Å²) in [7, 11) is 0. The van der Waals surface area contributed by atoms with E-state index in [1.807, 2.05) is 19.1 Å². The Morgan fingerprint density at radius 1 is 1.58 bits per heavy atom. The fourth-order valence-electron chi connectivity index (χ4n) is 1.82. The Kier molecular flexibility index (Phi) is 3.79. The van der Waals surface area contributed by atoms with E-state index in [2.05, 4.69) is 10.3 Å². The molecular weight excluding hydrogens is 246 g/mol. The van der Waals surface area contributed by atoms with Crippen molar-refractivity contribution in [3.05, 3.63) is 52.1 Å². The number of furan rings is 1. The highest BCUT2D eigenvalue weighted by atomic mass is 16.6. The number of aryl methyl sites for hydroxylation is 1. The molecule has 6 heteroatoms. The zero-order valence-corrected chi connectivity index (χ0v) is 10.8. The lowest BCUT2D eigenvalue weighted by Gasteiger charge is -2.13. The standard InChI is InChI=1S/C13H15N3O3/c1-9-6-12(16(17)18)13(14-8-9)15-10(2)7-11-4-3-5-19-11/h3-6,8,10H,7H2,1-2H3,(H,14,15). The van der Waals surface area contributed by atoms with Crippen LogP contribution in [0.25, 0.3) is 0 Å². The number of nitrogens with one attached hydrogen (secondary N) is 1. The summed E-state index contributed by atoms with van der Waals surface area (Å²) >= 11 is 0. The Hall–Kier alpha value is -2.37. The van der Waals surface area contributed by atoms with Crippen molar-refractivity contribution < 1.29 is 9.34 Å². The minimum absolute atomic E-state index is 0.00806. The number of nitrogens with zero attached hydrogens (tertiary/aromatic N) is 2. The molecule has 0 aliphatic rings. The highest BCUT2D eigenvalue weighted by molar-refractivity contribution is 5.57. The molecule has 1 unspecified atom stereocenters. The molecule has 100 valence electrons. The zero-order valence-electron chi connectivity index (χ0n) is 10.8. The highest BCUT2D eigenvalue weighted by Gasteiger charge is 2.17. The zero-order chi connectivity index (χ0) is 13.8. The fraction of sp³-hybridized carbons (Fsp3) is 0.308. The van der Waals surface area contributed by atoms with Gasteiger partial charge in [0, 0.05) is 24.7 Å². The molecule has 0 saturated heterocycles. The monoisotopic (exact) mass is 261 g/mol. The quantitative estimate of drug-likeness (QED) is 0.661. The first kappa shape index (κ1) is 13.1. The number of rotatable bonds is 5. The van der Waals surface area contributed by atoms with Gasteiger partial charge in [0.25, 0.3) is 0 Å². The predicted octanol–water partition coefficient (Wildman–Crippen LogP) is 2.93. The second-order valence-corrected chi connectivity index (χ2v) is 4.47. The Morgan fingerprint density at radius 2 is 2.37 bits per heavy atom. The lowest BCUT2D eigenvalue weighted by molar-refractivity contribution is -0.384.